The maximum atomic E-state index is 5.93. The minimum absolute atomic E-state index is 0.670. The largest absolute Gasteiger partial charge is 0.329 e. The van der Waals surface area contributed by atoms with Crippen molar-refractivity contribution >= 4 is 0 Å². The first-order valence-electron chi connectivity index (χ1n) is 6.33. The van der Waals surface area contributed by atoms with Crippen molar-refractivity contribution < 1.29 is 0 Å². The molecule has 15 heavy (non-hydrogen) atoms. The molecule has 2 unspecified atom stereocenters. The zero-order chi connectivity index (χ0) is 10.8. The molecule has 2 N–H and O–H groups in total. The molecular weight excluding hydrogens is 186 g/mol. The summed E-state index contributed by atoms with van der Waals surface area (Å²) in [5, 5.41) is 0. The van der Waals surface area contributed by atoms with Gasteiger partial charge in [0.15, 0.2) is 0 Å². The van der Waals surface area contributed by atoms with Crippen LogP contribution in [0, 0.1) is 5.92 Å². The van der Waals surface area contributed by atoms with E-state index in [1.807, 2.05) is 0 Å². The van der Waals surface area contributed by atoms with E-state index in [1.165, 1.54) is 38.8 Å². The van der Waals surface area contributed by atoms with Gasteiger partial charge in [0, 0.05) is 31.7 Å². The van der Waals surface area contributed by atoms with Gasteiger partial charge in [0.05, 0.1) is 0 Å². The monoisotopic (exact) mass is 211 g/mol. The zero-order valence-electron chi connectivity index (χ0n) is 10.2. The molecule has 2 rings (SSSR count). The molecule has 0 aromatic heterocycles. The molecule has 1 saturated carbocycles. The highest BCUT2D eigenvalue weighted by molar-refractivity contribution is 4.91. The van der Waals surface area contributed by atoms with E-state index in [1.54, 1.807) is 0 Å². The number of likely N-dealkylation sites (tertiary alicyclic amines) is 1. The Balaban J connectivity index is 1.87. The van der Waals surface area contributed by atoms with Crippen molar-refractivity contribution in [3.63, 3.8) is 0 Å². The predicted octanol–water partition coefficient (Wildman–Crippen LogP) is 0.750. The normalized spacial score (nSPS) is 30.8. The second-order valence-corrected chi connectivity index (χ2v) is 5.40. The van der Waals surface area contributed by atoms with Gasteiger partial charge in [-0.1, -0.05) is 6.42 Å². The Morgan fingerprint density at radius 3 is 2.47 bits per heavy atom. The molecule has 1 aliphatic heterocycles. The number of hydrogen-bond acceptors (Lipinski definition) is 3. The first kappa shape index (κ1) is 11.4. The quantitative estimate of drug-likeness (QED) is 0.745. The Morgan fingerprint density at radius 2 is 2.07 bits per heavy atom. The van der Waals surface area contributed by atoms with Crippen molar-refractivity contribution in [1.82, 2.24) is 9.80 Å². The fourth-order valence-electron chi connectivity index (χ4n) is 2.96. The molecule has 0 spiro atoms. The molecule has 3 nitrogen and oxygen atoms in total. The average Bonchev–Trinajstić information content (AvgIpc) is 2.59. The van der Waals surface area contributed by atoms with Crippen LogP contribution in [0.15, 0.2) is 0 Å². The third-order valence-electron chi connectivity index (χ3n) is 4.33. The van der Waals surface area contributed by atoms with Crippen molar-refractivity contribution in [2.45, 2.75) is 37.8 Å². The fourth-order valence-corrected chi connectivity index (χ4v) is 2.96. The van der Waals surface area contributed by atoms with Crippen LogP contribution in [0.3, 0.4) is 0 Å². The summed E-state index contributed by atoms with van der Waals surface area (Å²) in [6.07, 6.45) is 5.55. The van der Waals surface area contributed by atoms with Gasteiger partial charge < -0.3 is 10.6 Å². The van der Waals surface area contributed by atoms with Crippen molar-refractivity contribution in [2.75, 3.05) is 33.7 Å². The van der Waals surface area contributed by atoms with Gasteiger partial charge in [-0.25, -0.2) is 0 Å². The van der Waals surface area contributed by atoms with Crippen LogP contribution in [-0.2, 0) is 0 Å². The minimum atomic E-state index is 0.670. The molecule has 0 radical (unpaired) electrons. The van der Waals surface area contributed by atoms with E-state index in [-0.39, 0.29) is 0 Å². The van der Waals surface area contributed by atoms with Crippen LogP contribution < -0.4 is 5.73 Å². The maximum absolute atomic E-state index is 5.93. The molecule has 0 amide bonds. The highest BCUT2D eigenvalue weighted by atomic mass is 15.3. The Morgan fingerprint density at radius 1 is 1.33 bits per heavy atom. The third kappa shape index (κ3) is 2.35. The Bertz CT molecular complexity index is 201. The second-order valence-electron chi connectivity index (χ2n) is 5.40. The lowest BCUT2D eigenvalue weighted by Gasteiger charge is -2.39. The molecule has 2 fully saturated rings. The topological polar surface area (TPSA) is 32.5 Å². The number of nitrogens with zero attached hydrogens (tertiary/aromatic N) is 2. The summed E-state index contributed by atoms with van der Waals surface area (Å²) < 4.78 is 0. The van der Waals surface area contributed by atoms with E-state index in [2.05, 4.69) is 23.9 Å². The van der Waals surface area contributed by atoms with Crippen LogP contribution in [0.5, 0.6) is 0 Å². The summed E-state index contributed by atoms with van der Waals surface area (Å²) in [6.45, 7) is 3.33. The van der Waals surface area contributed by atoms with Crippen LogP contribution in [0.1, 0.15) is 25.7 Å². The highest BCUT2D eigenvalue weighted by Gasteiger charge is 2.35. The zero-order valence-corrected chi connectivity index (χ0v) is 10.2. The summed E-state index contributed by atoms with van der Waals surface area (Å²) >= 11 is 0. The first-order valence-corrected chi connectivity index (χ1v) is 6.33. The molecule has 0 bridgehead atoms. The van der Waals surface area contributed by atoms with Gasteiger partial charge in [-0.2, -0.15) is 0 Å². The Hall–Kier alpha value is -0.120. The lowest BCUT2D eigenvalue weighted by atomic mass is 9.79. The molecule has 2 atom stereocenters. The van der Waals surface area contributed by atoms with Crippen LogP contribution in [-0.4, -0.2) is 55.6 Å². The molecule has 88 valence electrons. The van der Waals surface area contributed by atoms with Crippen LogP contribution in [0.25, 0.3) is 0 Å². The average molecular weight is 211 g/mol. The third-order valence-corrected chi connectivity index (χ3v) is 4.33. The molecule has 0 aromatic rings. The van der Waals surface area contributed by atoms with Gasteiger partial charge in [-0.15, -0.1) is 0 Å². The van der Waals surface area contributed by atoms with Crippen molar-refractivity contribution in [3.05, 3.63) is 0 Å². The van der Waals surface area contributed by atoms with E-state index < -0.39 is 0 Å². The number of rotatable bonds is 4. The molecule has 1 saturated heterocycles. The van der Waals surface area contributed by atoms with Gasteiger partial charge in [0.2, 0.25) is 0 Å². The second kappa shape index (κ2) is 4.81. The first-order chi connectivity index (χ1) is 7.22. The molecule has 1 heterocycles. The lowest BCUT2D eigenvalue weighted by Crippen LogP contribution is -2.47. The number of hydrogen-bond donors (Lipinski definition) is 1. The van der Waals surface area contributed by atoms with Gasteiger partial charge >= 0.3 is 0 Å². The SMILES string of the molecule is CN(C)C1CCN(C(CN)C2CCC2)C1. The summed E-state index contributed by atoms with van der Waals surface area (Å²) in [4.78, 5) is 4.99. The molecule has 2 aliphatic rings. The van der Waals surface area contributed by atoms with E-state index in [4.69, 9.17) is 5.73 Å². The molecular formula is C12H25N3. The minimum Gasteiger partial charge on any atom is -0.329 e. The van der Waals surface area contributed by atoms with E-state index in [0.717, 1.165) is 18.5 Å². The summed E-state index contributed by atoms with van der Waals surface area (Å²) in [6, 6.07) is 1.42. The van der Waals surface area contributed by atoms with Gasteiger partial charge in [-0.05, 0) is 39.3 Å². The van der Waals surface area contributed by atoms with Crippen molar-refractivity contribution in [2.24, 2.45) is 11.7 Å². The summed E-state index contributed by atoms with van der Waals surface area (Å²) in [5.41, 5.74) is 5.93. The van der Waals surface area contributed by atoms with Crippen molar-refractivity contribution in [3.8, 4) is 0 Å². The van der Waals surface area contributed by atoms with Gasteiger partial charge in [-0.3, -0.25) is 4.90 Å². The summed E-state index contributed by atoms with van der Waals surface area (Å²) in [5.74, 6) is 0.899. The molecule has 1 aliphatic carbocycles. The van der Waals surface area contributed by atoms with Gasteiger partial charge in [0.1, 0.15) is 0 Å². The highest BCUT2D eigenvalue weighted by Crippen LogP contribution is 2.33. The van der Waals surface area contributed by atoms with Crippen molar-refractivity contribution in [1.29, 1.82) is 0 Å². The maximum Gasteiger partial charge on any atom is 0.0247 e. The van der Waals surface area contributed by atoms with Crippen LogP contribution in [0.4, 0.5) is 0 Å². The molecule has 3 heteroatoms. The Kier molecular flexibility index (Phi) is 3.65. The number of likely N-dealkylation sites (N-methyl/N-ethyl adjacent to an activating group) is 1. The summed E-state index contributed by atoms with van der Waals surface area (Å²) in [7, 11) is 4.38. The standard InChI is InChI=1S/C12H25N3/c1-14(2)11-6-7-15(9-11)12(8-13)10-4-3-5-10/h10-12H,3-9,13H2,1-2H3. The van der Waals surface area contributed by atoms with E-state index >= 15 is 0 Å². The predicted molar refractivity (Wildman–Crippen MR) is 63.8 cm³/mol. The van der Waals surface area contributed by atoms with Gasteiger partial charge in [0.25, 0.3) is 0 Å². The van der Waals surface area contributed by atoms with Crippen LogP contribution in [0.2, 0.25) is 0 Å². The number of nitrogens with two attached hydrogens (primary N) is 1. The Labute approximate surface area is 93.6 Å². The lowest BCUT2D eigenvalue weighted by molar-refractivity contribution is 0.116. The molecule has 0 aromatic carbocycles. The fraction of sp³-hybridized carbons (Fsp3) is 1.00. The smallest absolute Gasteiger partial charge is 0.0247 e. The van der Waals surface area contributed by atoms with Crippen LogP contribution >= 0.6 is 0 Å². The van der Waals surface area contributed by atoms with E-state index in [0.29, 0.717) is 6.04 Å². The van der Waals surface area contributed by atoms with E-state index in [9.17, 15) is 0 Å².